The number of rotatable bonds is 5. The summed E-state index contributed by atoms with van der Waals surface area (Å²) in [6, 6.07) is 16.4. The van der Waals surface area contributed by atoms with E-state index in [1.165, 1.54) is 24.3 Å². The smallest absolute Gasteiger partial charge is 0.269 e. The molecule has 0 bridgehead atoms. The predicted octanol–water partition coefficient (Wildman–Crippen LogP) is 3.99. The average molecular weight is 334 g/mol. The number of benzene rings is 2. The van der Waals surface area contributed by atoms with Gasteiger partial charge in [0.2, 0.25) is 0 Å². The molecule has 0 spiro atoms. The van der Waals surface area contributed by atoms with Crippen LogP contribution in [0.1, 0.15) is 10.4 Å². The van der Waals surface area contributed by atoms with Gasteiger partial charge in [-0.15, -0.1) is 0 Å². The first-order chi connectivity index (χ1) is 12.1. The van der Waals surface area contributed by atoms with Crippen molar-refractivity contribution >= 4 is 28.7 Å². The van der Waals surface area contributed by atoms with Gasteiger partial charge in [0.05, 0.1) is 4.92 Å². The molecule has 7 nitrogen and oxygen atoms in total. The first-order valence-corrected chi connectivity index (χ1v) is 7.45. The summed E-state index contributed by atoms with van der Waals surface area (Å²) < 4.78 is 0. The Morgan fingerprint density at radius 2 is 1.64 bits per heavy atom. The Bertz CT molecular complexity index is 896. The lowest BCUT2D eigenvalue weighted by molar-refractivity contribution is -0.384. The Morgan fingerprint density at radius 3 is 2.32 bits per heavy atom. The zero-order valence-electron chi connectivity index (χ0n) is 13.0. The van der Waals surface area contributed by atoms with Gasteiger partial charge in [0.15, 0.2) is 0 Å². The maximum absolute atomic E-state index is 12.4. The van der Waals surface area contributed by atoms with E-state index in [-0.39, 0.29) is 11.6 Å². The molecule has 1 heterocycles. The number of carbonyl (C=O) groups is 1. The SMILES string of the molecule is O=C(Nc1ccc([N+](=O)[O-])cc1)c1cccc(Nc2ccncc2)c1. The number of anilines is 3. The second-order valence-corrected chi connectivity index (χ2v) is 5.20. The highest BCUT2D eigenvalue weighted by Gasteiger charge is 2.09. The molecular weight excluding hydrogens is 320 g/mol. The van der Waals surface area contributed by atoms with Gasteiger partial charge >= 0.3 is 0 Å². The molecule has 1 amide bonds. The van der Waals surface area contributed by atoms with Crippen LogP contribution in [0.3, 0.4) is 0 Å². The number of hydrogen-bond donors (Lipinski definition) is 2. The fourth-order valence-electron chi connectivity index (χ4n) is 2.21. The van der Waals surface area contributed by atoms with Crippen LogP contribution in [0.5, 0.6) is 0 Å². The van der Waals surface area contributed by atoms with Crippen molar-refractivity contribution < 1.29 is 9.72 Å². The second-order valence-electron chi connectivity index (χ2n) is 5.20. The number of nitro groups is 1. The highest BCUT2D eigenvalue weighted by Crippen LogP contribution is 2.19. The lowest BCUT2D eigenvalue weighted by Crippen LogP contribution is -2.12. The van der Waals surface area contributed by atoms with Crippen LogP contribution in [-0.2, 0) is 0 Å². The molecule has 0 saturated heterocycles. The van der Waals surface area contributed by atoms with E-state index in [2.05, 4.69) is 15.6 Å². The first-order valence-electron chi connectivity index (χ1n) is 7.45. The Hall–Kier alpha value is -3.74. The van der Waals surface area contributed by atoms with Crippen LogP contribution in [0.15, 0.2) is 73.1 Å². The molecule has 3 rings (SSSR count). The quantitative estimate of drug-likeness (QED) is 0.543. The number of aromatic nitrogens is 1. The molecule has 0 aliphatic carbocycles. The van der Waals surface area contributed by atoms with Crippen molar-refractivity contribution in [3.05, 3.63) is 88.7 Å². The Kier molecular flexibility index (Phi) is 4.66. The molecule has 124 valence electrons. The van der Waals surface area contributed by atoms with Crippen molar-refractivity contribution in [1.82, 2.24) is 4.98 Å². The maximum Gasteiger partial charge on any atom is 0.269 e. The molecule has 3 aromatic rings. The van der Waals surface area contributed by atoms with Crippen molar-refractivity contribution in [3.63, 3.8) is 0 Å². The predicted molar refractivity (Wildman–Crippen MR) is 95.0 cm³/mol. The van der Waals surface area contributed by atoms with E-state index in [1.807, 2.05) is 18.2 Å². The van der Waals surface area contributed by atoms with Crippen molar-refractivity contribution in [2.45, 2.75) is 0 Å². The minimum absolute atomic E-state index is 0.0263. The maximum atomic E-state index is 12.4. The molecule has 2 aromatic carbocycles. The highest BCUT2D eigenvalue weighted by molar-refractivity contribution is 6.04. The fraction of sp³-hybridized carbons (Fsp3) is 0. The zero-order valence-corrected chi connectivity index (χ0v) is 13.0. The number of nitro benzene ring substituents is 1. The Morgan fingerprint density at radius 1 is 0.920 bits per heavy atom. The van der Waals surface area contributed by atoms with Crippen molar-refractivity contribution in [2.24, 2.45) is 0 Å². The summed E-state index contributed by atoms with van der Waals surface area (Å²) in [5.74, 6) is -0.299. The van der Waals surface area contributed by atoms with Crippen molar-refractivity contribution in [1.29, 1.82) is 0 Å². The van der Waals surface area contributed by atoms with Gasteiger partial charge < -0.3 is 10.6 Å². The number of non-ortho nitro benzene ring substituents is 1. The van der Waals surface area contributed by atoms with Crippen LogP contribution in [-0.4, -0.2) is 15.8 Å². The third-order valence-corrected chi connectivity index (χ3v) is 3.43. The van der Waals surface area contributed by atoms with E-state index in [9.17, 15) is 14.9 Å². The van der Waals surface area contributed by atoms with Crippen LogP contribution in [0.25, 0.3) is 0 Å². The van der Waals surface area contributed by atoms with E-state index < -0.39 is 4.92 Å². The summed E-state index contributed by atoms with van der Waals surface area (Å²) in [7, 11) is 0. The molecule has 0 aliphatic rings. The molecule has 0 radical (unpaired) electrons. The van der Waals surface area contributed by atoms with Crippen LogP contribution in [0.2, 0.25) is 0 Å². The molecule has 0 unspecified atom stereocenters. The number of nitrogens with one attached hydrogen (secondary N) is 2. The van der Waals surface area contributed by atoms with Gasteiger partial charge in [0.1, 0.15) is 0 Å². The lowest BCUT2D eigenvalue weighted by Gasteiger charge is -2.09. The monoisotopic (exact) mass is 334 g/mol. The molecule has 2 N–H and O–H groups in total. The topological polar surface area (TPSA) is 97.2 Å². The van der Waals surface area contributed by atoms with Crippen LogP contribution in [0.4, 0.5) is 22.7 Å². The minimum Gasteiger partial charge on any atom is -0.355 e. The number of amides is 1. The number of hydrogen-bond acceptors (Lipinski definition) is 5. The lowest BCUT2D eigenvalue weighted by atomic mass is 10.1. The second kappa shape index (κ2) is 7.22. The van der Waals surface area contributed by atoms with Crippen LogP contribution >= 0.6 is 0 Å². The molecule has 25 heavy (non-hydrogen) atoms. The number of nitrogens with zero attached hydrogens (tertiary/aromatic N) is 2. The van der Waals surface area contributed by atoms with Gasteiger partial charge in [0.25, 0.3) is 11.6 Å². The third-order valence-electron chi connectivity index (χ3n) is 3.43. The number of pyridine rings is 1. The van der Waals surface area contributed by atoms with Crippen LogP contribution < -0.4 is 10.6 Å². The summed E-state index contributed by atoms with van der Waals surface area (Å²) in [6.07, 6.45) is 3.35. The van der Waals surface area contributed by atoms with E-state index in [0.717, 1.165) is 11.4 Å². The molecule has 7 heteroatoms. The summed E-state index contributed by atoms with van der Waals surface area (Å²) in [5, 5.41) is 16.6. The normalized spacial score (nSPS) is 10.1. The van der Waals surface area contributed by atoms with E-state index >= 15 is 0 Å². The van der Waals surface area contributed by atoms with Gasteiger partial charge in [-0.05, 0) is 42.5 Å². The van der Waals surface area contributed by atoms with Gasteiger partial charge in [-0.25, -0.2) is 0 Å². The van der Waals surface area contributed by atoms with Crippen LogP contribution in [0, 0.1) is 10.1 Å². The Labute approximate surface area is 143 Å². The van der Waals surface area contributed by atoms with Gasteiger partial charge in [-0.3, -0.25) is 19.9 Å². The van der Waals surface area contributed by atoms with Crippen molar-refractivity contribution in [2.75, 3.05) is 10.6 Å². The largest absolute Gasteiger partial charge is 0.355 e. The molecule has 0 fully saturated rings. The molecular formula is C18H14N4O3. The molecule has 1 aromatic heterocycles. The molecule has 0 aliphatic heterocycles. The molecule has 0 saturated carbocycles. The summed E-state index contributed by atoms with van der Waals surface area (Å²) in [6.45, 7) is 0. The standard InChI is InChI=1S/C18H14N4O3/c23-18(21-14-4-6-17(7-5-14)22(24)25)13-2-1-3-16(12-13)20-15-8-10-19-11-9-15/h1-12H,(H,19,20)(H,21,23). The number of carbonyl (C=O) groups excluding carboxylic acids is 1. The fourth-order valence-corrected chi connectivity index (χ4v) is 2.21. The molecule has 0 atom stereocenters. The van der Waals surface area contributed by atoms with E-state index in [0.29, 0.717) is 11.3 Å². The summed E-state index contributed by atoms with van der Waals surface area (Å²) >= 11 is 0. The van der Waals surface area contributed by atoms with E-state index in [1.54, 1.807) is 30.6 Å². The van der Waals surface area contributed by atoms with Gasteiger partial charge in [-0.2, -0.15) is 0 Å². The summed E-state index contributed by atoms with van der Waals surface area (Å²) in [5.41, 5.74) is 2.56. The van der Waals surface area contributed by atoms with Gasteiger partial charge in [0, 0.05) is 47.2 Å². The third kappa shape index (κ3) is 4.17. The zero-order chi connectivity index (χ0) is 17.6. The van der Waals surface area contributed by atoms with Gasteiger partial charge in [-0.1, -0.05) is 6.07 Å². The van der Waals surface area contributed by atoms with E-state index in [4.69, 9.17) is 0 Å². The minimum atomic E-state index is -0.486. The summed E-state index contributed by atoms with van der Waals surface area (Å²) in [4.78, 5) is 26.5. The van der Waals surface area contributed by atoms with Crippen molar-refractivity contribution in [3.8, 4) is 0 Å². The first kappa shape index (κ1) is 16.1. The Balaban J connectivity index is 1.71. The average Bonchev–Trinajstić information content (AvgIpc) is 2.63. The highest BCUT2D eigenvalue weighted by atomic mass is 16.6.